The highest BCUT2D eigenvalue weighted by Crippen LogP contribution is 2.34. The first-order valence-electron chi connectivity index (χ1n) is 9.34. The van der Waals surface area contributed by atoms with Gasteiger partial charge in [-0.3, -0.25) is 4.79 Å². The Bertz CT molecular complexity index is 1090. The maximum absolute atomic E-state index is 13.4. The number of aromatic amines is 1. The van der Waals surface area contributed by atoms with Crippen LogP contribution in [0.3, 0.4) is 0 Å². The van der Waals surface area contributed by atoms with E-state index >= 15 is 0 Å². The van der Waals surface area contributed by atoms with Gasteiger partial charge in [-0.25, -0.2) is 9.97 Å². The van der Waals surface area contributed by atoms with E-state index in [1.54, 1.807) is 12.3 Å². The van der Waals surface area contributed by atoms with E-state index in [1.165, 1.54) is 24.4 Å². The number of carbonyl (C=O) groups is 1. The van der Waals surface area contributed by atoms with Crippen LogP contribution in [-0.2, 0) is 11.0 Å². The van der Waals surface area contributed by atoms with Crippen LogP contribution in [0.5, 0.6) is 5.88 Å². The summed E-state index contributed by atoms with van der Waals surface area (Å²) in [6.07, 6.45) is 2.03. The molecule has 0 fully saturated rings. The number of hydrogen-bond donors (Lipinski definition) is 2. The van der Waals surface area contributed by atoms with Crippen molar-refractivity contribution in [2.45, 2.75) is 26.4 Å². The summed E-state index contributed by atoms with van der Waals surface area (Å²) in [5.74, 6) is -0.522. The molecule has 3 heterocycles. The van der Waals surface area contributed by atoms with Gasteiger partial charge in [0, 0.05) is 41.0 Å². The van der Waals surface area contributed by atoms with Gasteiger partial charge in [-0.2, -0.15) is 13.2 Å². The Morgan fingerprint density at radius 3 is 2.73 bits per heavy atom. The first-order valence-corrected chi connectivity index (χ1v) is 9.34. The molecule has 3 aromatic rings. The lowest BCUT2D eigenvalue weighted by Crippen LogP contribution is -2.12. The van der Waals surface area contributed by atoms with Crippen LogP contribution in [0.2, 0.25) is 0 Å². The SMILES string of the molecule is CC[C@@H](C)COc1cc(-c2cnc3[nH]cc(/C=C/C(N)=O)c3c2)cc(C(F)(F)F)n1. The largest absolute Gasteiger partial charge is 0.477 e. The van der Waals surface area contributed by atoms with Crippen molar-refractivity contribution in [2.24, 2.45) is 11.7 Å². The number of nitrogens with zero attached hydrogens (tertiary/aromatic N) is 2. The Morgan fingerprint density at radius 1 is 1.30 bits per heavy atom. The van der Waals surface area contributed by atoms with E-state index in [0.29, 0.717) is 22.2 Å². The maximum atomic E-state index is 13.4. The summed E-state index contributed by atoms with van der Waals surface area (Å²) in [5, 5.41) is 0.637. The predicted octanol–water partition coefficient (Wildman–Crippen LogP) is 4.57. The molecule has 0 radical (unpaired) electrons. The molecule has 0 aliphatic heterocycles. The molecule has 3 N–H and O–H groups in total. The van der Waals surface area contributed by atoms with E-state index in [-0.39, 0.29) is 24.0 Å². The number of ether oxygens (including phenoxy) is 1. The first-order chi connectivity index (χ1) is 14.2. The third-order valence-electron chi connectivity index (χ3n) is 4.63. The molecule has 1 amide bonds. The Balaban J connectivity index is 2.05. The molecule has 0 aromatic carbocycles. The number of halogens is 3. The van der Waals surface area contributed by atoms with Crippen molar-refractivity contribution in [2.75, 3.05) is 6.61 Å². The van der Waals surface area contributed by atoms with Crippen molar-refractivity contribution >= 4 is 23.0 Å². The van der Waals surface area contributed by atoms with E-state index in [0.717, 1.165) is 12.5 Å². The number of pyridine rings is 2. The third kappa shape index (κ3) is 4.97. The Kier molecular flexibility index (Phi) is 6.09. The van der Waals surface area contributed by atoms with Crippen LogP contribution in [0.15, 0.2) is 36.7 Å². The van der Waals surface area contributed by atoms with E-state index in [2.05, 4.69) is 15.0 Å². The molecule has 0 aliphatic carbocycles. The summed E-state index contributed by atoms with van der Waals surface area (Å²) >= 11 is 0. The van der Waals surface area contributed by atoms with E-state index in [1.807, 2.05) is 13.8 Å². The van der Waals surface area contributed by atoms with Crippen LogP contribution in [-0.4, -0.2) is 27.5 Å². The zero-order valence-corrected chi connectivity index (χ0v) is 16.5. The lowest BCUT2D eigenvalue weighted by Gasteiger charge is -2.14. The number of primary amides is 1. The van der Waals surface area contributed by atoms with E-state index < -0.39 is 17.8 Å². The molecule has 0 bridgehead atoms. The zero-order valence-electron chi connectivity index (χ0n) is 16.5. The predicted molar refractivity (Wildman–Crippen MR) is 108 cm³/mol. The van der Waals surface area contributed by atoms with Gasteiger partial charge in [0.05, 0.1) is 6.61 Å². The minimum absolute atomic E-state index is 0.0943. The highest BCUT2D eigenvalue weighted by Gasteiger charge is 2.33. The number of nitrogens with two attached hydrogens (primary N) is 1. The molecule has 30 heavy (non-hydrogen) atoms. The maximum Gasteiger partial charge on any atom is 0.433 e. The Hall–Kier alpha value is -3.36. The van der Waals surface area contributed by atoms with Crippen LogP contribution in [0.25, 0.3) is 28.2 Å². The normalized spacial score (nSPS) is 13.1. The average molecular weight is 418 g/mol. The van der Waals surface area contributed by atoms with Crippen LogP contribution in [0, 0.1) is 5.92 Å². The lowest BCUT2D eigenvalue weighted by molar-refractivity contribution is -0.141. The molecule has 6 nitrogen and oxygen atoms in total. The van der Waals surface area contributed by atoms with Gasteiger partial charge in [-0.1, -0.05) is 20.3 Å². The monoisotopic (exact) mass is 418 g/mol. The fraction of sp³-hybridized carbons (Fsp3) is 0.286. The zero-order chi connectivity index (χ0) is 21.9. The summed E-state index contributed by atoms with van der Waals surface area (Å²) < 4.78 is 45.7. The fourth-order valence-electron chi connectivity index (χ4n) is 2.73. The number of rotatable bonds is 7. The number of amides is 1. The molecule has 0 saturated heterocycles. The van der Waals surface area contributed by atoms with Gasteiger partial charge >= 0.3 is 6.18 Å². The minimum Gasteiger partial charge on any atom is -0.477 e. The van der Waals surface area contributed by atoms with Gasteiger partial charge in [-0.05, 0) is 29.7 Å². The molecule has 0 unspecified atom stereocenters. The molecule has 0 spiro atoms. The standard InChI is InChI=1S/C21H21F3N4O2/c1-3-12(2)11-30-19-8-14(7-17(28-19)21(22,23)24)15-6-16-13(4-5-18(25)29)9-26-20(16)27-10-15/h4-10,12H,3,11H2,1-2H3,(H2,25,29)(H,26,27)/b5-4+/t12-/m1/s1. The topological polar surface area (TPSA) is 93.9 Å². The molecule has 9 heteroatoms. The van der Waals surface area contributed by atoms with Crippen molar-refractivity contribution in [3.63, 3.8) is 0 Å². The second-order valence-electron chi connectivity index (χ2n) is 7.00. The van der Waals surface area contributed by atoms with Crippen molar-refractivity contribution in [1.29, 1.82) is 0 Å². The third-order valence-corrected chi connectivity index (χ3v) is 4.63. The number of H-pyrrole nitrogens is 1. The van der Waals surface area contributed by atoms with Gasteiger partial charge in [0.1, 0.15) is 11.3 Å². The molecule has 1 atom stereocenters. The quantitative estimate of drug-likeness (QED) is 0.550. The van der Waals surface area contributed by atoms with Gasteiger partial charge < -0.3 is 15.5 Å². The summed E-state index contributed by atoms with van der Waals surface area (Å²) in [6.45, 7) is 4.18. The molecular formula is C21H21F3N4O2. The lowest BCUT2D eigenvalue weighted by atomic mass is 10.1. The van der Waals surface area contributed by atoms with Crippen molar-refractivity contribution < 1.29 is 22.7 Å². The van der Waals surface area contributed by atoms with E-state index in [9.17, 15) is 18.0 Å². The Morgan fingerprint density at radius 2 is 2.07 bits per heavy atom. The summed E-state index contributed by atoms with van der Waals surface area (Å²) in [4.78, 5) is 21.8. The summed E-state index contributed by atoms with van der Waals surface area (Å²) in [7, 11) is 0. The minimum atomic E-state index is -4.62. The molecule has 0 saturated carbocycles. The number of carbonyl (C=O) groups excluding carboxylic acids is 1. The highest BCUT2D eigenvalue weighted by molar-refractivity contribution is 5.95. The van der Waals surface area contributed by atoms with Gasteiger partial charge in [0.15, 0.2) is 0 Å². The fourth-order valence-corrected chi connectivity index (χ4v) is 2.73. The van der Waals surface area contributed by atoms with Crippen molar-refractivity contribution in [3.05, 3.63) is 47.9 Å². The molecule has 158 valence electrons. The molecular weight excluding hydrogens is 397 g/mol. The highest BCUT2D eigenvalue weighted by atomic mass is 19.4. The first kappa shape index (κ1) is 21.4. The van der Waals surface area contributed by atoms with Crippen molar-refractivity contribution in [3.8, 4) is 17.0 Å². The molecule has 0 aliphatic rings. The van der Waals surface area contributed by atoms with Gasteiger partial charge in [0.25, 0.3) is 0 Å². The van der Waals surface area contributed by atoms with E-state index in [4.69, 9.17) is 10.5 Å². The Labute approximate surface area is 171 Å². The number of alkyl halides is 3. The van der Waals surface area contributed by atoms with Crippen LogP contribution < -0.4 is 10.5 Å². The number of hydrogen-bond acceptors (Lipinski definition) is 4. The molecule has 3 rings (SSSR count). The van der Waals surface area contributed by atoms with Crippen LogP contribution >= 0.6 is 0 Å². The average Bonchev–Trinajstić information content (AvgIpc) is 3.11. The summed E-state index contributed by atoms with van der Waals surface area (Å²) in [5.41, 5.74) is 5.98. The smallest absolute Gasteiger partial charge is 0.433 e. The molecule has 3 aromatic heterocycles. The second kappa shape index (κ2) is 8.56. The van der Waals surface area contributed by atoms with Crippen LogP contribution in [0.4, 0.5) is 13.2 Å². The summed E-state index contributed by atoms with van der Waals surface area (Å²) in [6, 6.07) is 4.12. The number of nitrogens with one attached hydrogen (secondary N) is 1. The van der Waals surface area contributed by atoms with Gasteiger partial charge in [0.2, 0.25) is 11.8 Å². The van der Waals surface area contributed by atoms with Crippen LogP contribution in [0.1, 0.15) is 31.5 Å². The second-order valence-corrected chi connectivity index (χ2v) is 7.00. The number of fused-ring (bicyclic) bond motifs is 1. The van der Waals surface area contributed by atoms with Gasteiger partial charge in [-0.15, -0.1) is 0 Å². The number of aromatic nitrogens is 3. The van der Waals surface area contributed by atoms with Crippen molar-refractivity contribution in [1.82, 2.24) is 15.0 Å².